The summed E-state index contributed by atoms with van der Waals surface area (Å²) in [5, 5.41) is 0. The lowest BCUT2D eigenvalue weighted by Gasteiger charge is -2.40. The van der Waals surface area contributed by atoms with Crippen molar-refractivity contribution in [3.63, 3.8) is 0 Å². The molecule has 0 amide bonds. The van der Waals surface area contributed by atoms with Crippen molar-refractivity contribution in [1.29, 1.82) is 0 Å². The standard InChI is InChI=1S/C17H34O2/c1-9-15-18-14(10-11(2)3)16(19-15)13(6)17(7,8)12(4)5/h11-16H,9-10H2,1-8H3. The predicted octanol–water partition coefficient (Wildman–Crippen LogP) is 4.87. The quantitative estimate of drug-likeness (QED) is 0.685. The van der Waals surface area contributed by atoms with Crippen molar-refractivity contribution >= 4 is 0 Å². The normalized spacial score (nSPS) is 30.3. The molecule has 0 N–H and O–H groups in total. The van der Waals surface area contributed by atoms with Crippen LogP contribution in [0, 0.1) is 23.2 Å². The molecule has 2 heteroatoms. The summed E-state index contributed by atoms with van der Waals surface area (Å²) in [6, 6.07) is 0. The topological polar surface area (TPSA) is 18.5 Å². The van der Waals surface area contributed by atoms with Crippen molar-refractivity contribution in [2.75, 3.05) is 0 Å². The molecule has 1 aliphatic heterocycles. The largest absolute Gasteiger partial charge is 0.347 e. The monoisotopic (exact) mass is 270 g/mol. The molecule has 114 valence electrons. The van der Waals surface area contributed by atoms with Crippen LogP contribution < -0.4 is 0 Å². The highest BCUT2D eigenvalue weighted by Gasteiger charge is 2.44. The SMILES string of the molecule is CCC1OC(CC(C)C)C(C(C)C(C)(C)C(C)C)O1. The molecule has 0 aromatic carbocycles. The summed E-state index contributed by atoms with van der Waals surface area (Å²) >= 11 is 0. The molecule has 0 radical (unpaired) electrons. The van der Waals surface area contributed by atoms with Gasteiger partial charge in [0.05, 0.1) is 12.2 Å². The summed E-state index contributed by atoms with van der Waals surface area (Å²) in [5.41, 5.74) is 0.270. The second-order valence-corrected chi connectivity index (χ2v) is 7.51. The van der Waals surface area contributed by atoms with Gasteiger partial charge in [0.2, 0.25) is 0 Å². The zero-order valence-corrected chi connectivity index (χ0v) is 14.2. The number of hydrogen-bond donors (Lipinski definition) is 0. The van der Waals surface area contributed by atoms with Crippen LogP contribution in [0.25, 0.3) is 0 Å². The Kier molecular flexibility index (Phi) is 5.88. The number of rotatable bonds is 6. The molecule has 19 heavy (non-hydrogen) atoms. The van der Waals surface area contributed by atoms with E-state index in [1.807, 2.05) is 0 Å². The van der Waals surface area contributed by atoms with E-state index in [0.29, 0.717) is 17.8 Å². The molecule has 2 nitrogen and oxygen atoms in total. The summed E-state index contributed by atoms with van der Waals surface area (Å²) < 4.78 is 12.3. The Morgan fingerprint density at radius 3 is 2.00 bits per heavy atom. The molecule has 4 atom stereocenters. The van der Waals surface area contributed by atoms with E-state index in [1.54, 1.807) is 0 Å². The Labute approximate surface area is 120 Å². The van der Waals surface area contributed by atoms with Gasteiger partial charge in [0.1, 0.15) is 0 Å². The molecule has 0 bridgehead atoms. The Bertz CT molecular complexity index is 270. The van der Waals surface area contributed by atoms with Gasteiger partial charge in [-0.05, 0) is 36.0 Å². The maximum atomic E-state index is 6.20. The van der Waals surface area contributed by atoms with Crippen molar-refractivity contribution in [2.24, 2.45) is 23.2 Å². The first kappa shape index (κ1) is 17.0. The summed E-state index contributed by atoms with van der Waals surface area (Å²) in [6.07, 6.45) is 2.54. The zero-order valence-electron chi connectivity index (χ0n) is 14.2. The lowest BCUT2D eigenvalue weighted by atomic mass is 9.68. The summed E-state index contributed by atoms with van der Waals surface area (Å²) in [4.78, 5) is 0. The fourth-order valence-corrected chi connectivity index (χ4v) is 2.80. The van der Waals surface area contributed by atoms with E-state index in [1.165, 1.54) is 0 Å². The van der Waals surface area contributed by atoms with Crippen molar-refractivity contribution < 1.29 is 9.47 Å². The molecule has 1 heterocycles. The third-order valence-electron chi connectivity index (χ3n) is 5.19. The lowest BCUT2D eigenvalue weighted by molar-refractivity contribution is -0.0827. The molecule has 0 aromatic rings. The Balaban J connectivity index is 2.82. The van der Waals surface area contributed by atoms with Gasteiger partial charge in [-0.15, -0.1) is 0 Å². The van der Waals surface area contributed by atoms with E-state index in [4.69, 9.17) is 9.47 Å². The van der Waals surface area contributed by atoms with Crippen LogP contribution in [0.2, 0.25) is 0 Å². The molecule has 0 aromatic heterocycles. The number of hydrogen-bond acceptors (Lipinski definition) is 2. The van der Waals surface area contributed by atoms with Gasteiger partial charge in [-0.1, -0.05) is 55.4 Å². The van der Waals surface area contributed by atoms with Gasteiger partial charge in [-0.25, -0.2) is 0 Å². The highest BCUT2D eigenvalue weighted by molar-refractivity contribution is 4.90. The summed E-state index contributed by atoms with van der Waals surface area (Å²) in [7, 11) is 0. The molecule has 0 saturated carbocycles. The van der Waals surface area contributed by atoms with Crippen LogP contribution in [0.5, 0.6) is 0 Å². The fraction of sp³-hybridized carbons (Fsp3) is 1.00. The van der Waals surface area contributed by atoms with Crippen molar-refractivity contribution in [1.82, 2.24) is 0 Å². The average molecular weight is 270 g/mol. The van der Waals surface area contributed by atoms with Crippen LogP contribution in [0.15, 0.2) is 0 Å². The highest BCUT2D eigenvalue weighted by atomic mass is 16.7. The van der Waals surface area contributed by atoms with Crippen LogP contribution in [0.3, 0.4) is 0 Å². The summed E-state index contributed by atoms with van der Waals surface area (Å²) in [5.74, 6) is 1.81. The van der Waals surface area contributed by atoms with Crippen LogP contribution in [0.4, 0.5) is 0 Å². The van der Waals surface area contributed by atoms with E-state index < -0.39 is 0 Å². The van der Waals surface area contributed by atoms with Gasteiger partial charge in [0, 0.05) is 0 Å². The van der Waals surface area contributed by atoms with E-state index in [2.05, 4.69) is 55.4 Å². The third kappa shape index (κ3) is 3.95. The van der Waals surface area contributed by atoms with Gasteiger partial charge in [0.25, 0.3) is 0 Å². The number of ether oxygens (including phenoxy) is 2. The van der Waals surface area contributed by atoms with E-state index in [0.717, 1.165) is 12.8 Å². The van der Waals surface area contributed by atoms with E-state index in [9.17, 15) is 0 Å². The lowest BCUT2D eigenvalue weighted by Crippen LogP contribution is -2.41. The van der Waals surface area contributed by atoms with Crippen LogP contribution in [0.1, 0.15) is 68.2 Å². The second kappa shape index (κ2) is 6.58. The Hall–Kier alpha value is -0.0800. The second-order valence-electron chi connectivity index (χ2n) is 7.51. The Morgan fingerprint density at radius 2 is 1.58 bits per heavy atom. The molecule has 4 unspecified atom stereocenters. The first-order chi connectivity index (χ1) is 8.70. The van der Waals surface area contributed by atoms with Crippen molar-refractivity contribution in [3.8, 4) is 0 Å². The van der Waals surface area contributed by atoms with Crippen molar-refractivity contribution in [2.45, 2.75) is 86.7 Å². The average Bonchev–Trinajstić information content (AvgIpc) is 2.69. The van der Waals surface area contributed by atoms with Gasteiger partial charge >= 0.3 is 0 Å². The Morgan fingerprint density at radius 1 is 1.00 bits per heavy atom. The van der Waals surface area contributed by atoms with Crippen molar-refractivity contribution in [3.05, 3.63) is 0 Å². The smallest absolute Gasteiger partial charge is 0.158 e. The van der Waals surface area contributed by atoms with Crippen LogP contribution in [-0.2, 0) is 9.47 Å². The molecular formula is C17H34O2. The first-order valence-electron chi connectivity index (χ1n) is 8.01. The molecule has 1 rings (SSSR count). The minimum Gasteiger partial charge on any atom is -0.347 e. The fourth-order valence-electron chi connectivity index (χ4n) is 2.80. The van der Waals surface area contributed by atoms with E-state index in [-0.39, 0.29) is 23.9 Å². The third-order valence-corrected chi connectivity index (χ3v) is 5.19. The molecule has 0 spiro atoms. The van der Waals surface area contributed by atoms with Crippen LogP contribution >= 0.6 is 0 Å². The maximum Gasteiger partial charge on any atom is 0.158 e. The molecule has 1 saturated heterocycles. The molecule has 1 fully saturated rings. The van der Waals surface area contributed by atoms with Gasteiger partial charge in [-0.3, -0.25) is 0 Å². The van der Waals surface area contributed by atoms with Gasteiger partial charge < -0.3 is 9.47 Å². The van der Waals surface area contributed by atoms with E-state index >= 15 is 0 Å². The predicted molar refractivity (Wildman–Crippen MR) is 81.1 cm³/mol. The summed E-state index contributed by atoms with van der Waals surface area (Å²) in [6.45, 7) is 18.3. The molecule has 0 aliphatic carbocycles. The minimum absolute atomic E-state index is 0.000776. The highest BCUT2D eigenvalue weighted by Crippen LogP contribution is 2.42. The minimum atomic E-state index is -0.000776. The van der Waals surface area contributed by atoms with Gasteiger partial charge in [0.15, 0.2) is 6.29 Å². The maximum absolute atomic E-state index is 6.20. The molecular weight excluding hydrogens is 236 g/mol. The van der Waals surface area contributed by atoms with Crippen LogP contribution in [-0.4, -0.2) is 18.5 Å². The zero-order chi connectivity index (χ0) is 14.8. The first-order valence-corrected chi connectivity index (χ1v) is 8.01. The van der Waals surface area contributed by atoms with Gasteiger partial charge in [-0.2, -0.15) is 0 Å². The molecule has 1 aliphatic rings.